The number of hydrogen-bond donors (Lipinski definition) is 1. The van der Waals surface area contributed by atoms with E-state index >= 15 is 0 Å². The van der Waals surface area contributed by atoms with Crippen molar-refractivity contribution in [2.45, 2.75) is 51.0 Å². The normalized spacial score (nSPS) is 19.8. The second kappa shape index (κ2) is 5.01. The molecule has 1 aromatic heterocycles. The minimum absolute atomic E-state index is 0.511. The summed E-state index contributed by atoms with van der Waals surface area (Å²) in [5, 5.41) is 4.36. The van der Waals surface area contributed by atoms with Crippen LogP contribution in [0.25, 0.3) is 0 Å². The standard InChI is InChI=1S/C11H18BrN3/c12-10-8-14-15(11(10)13)9-6-4-2-1-3-5-7-9/h8-9H,1-7,13H2. The first-order chi connectivity index (χ1) is 7.29. The molecule has 0 aromatic carbocycles. The van der Waals surface area contributed by atoms with Gasteiger partial charge in [0.2, 0.25) is 0 Å². The number of hydrogen-bond acceptors (Lipinski definition) is 2. The summed E-state index contributed by atoms with van der Waals surface area (Å²) in [6.07, 6.45) is 11.0. The van der Waals surface area contributed by atoms with Crippen molar-refractivity contribution in [3.05, 3.63) is 10.7 Å². The SMILES string of the molecule is Nc1c(Br)cnn1C1CCCCCCC1. The van der Waals surface area contributed by atoms with Crippen molar-refractivity contribution in [2.24, 2.45) is 0 Å². The molecule has 1 aliphatic carbocycles. The molecule has 1 heterocycles. The van der Waals surface area contributed by atoms with Crippen molar-refractivity contribution in [3.63, 3.8) is 0 Å². The fourth-order valence-electron chi connectivity index (χ4n) is 2.32. The average molecular weight is 272 g/mol. The molecule has 0 spiro atoms. The van der Waals surface area contributed by atoms with E-state index in [-0.39, 0.29) is 0 Å². The molecular formula is C11H18BrN3. The molecule has 1 saturated carbocycles. The topological polar surface area (TPSA) is 43.8 Å². The first-order valence-electron chi connectivity index (χ1n) is 5.77. The van der Waals surface area contributed by atoms with Crippen LogP contribution in [0.2, 0.25) is 0 Å². The van der Waals surface area contributed by atoms with Crippen molar-refractivity contribution >= 4 is 21.7 Å². The van der Waals surface area contributed by atoms with Gasteiger partial charge in [-0.05, 0) is 28.8 Å². The van der Waals surface area contributed by atoms with Gasteiger partial charge in [0.15, 0.2) is 0 Å². The van der Waals surface area contributed by atoms with E-state index in [0.717, 1.165) is 10.3 Å². The summed E-state index contributed by atoms with van der Waals surface area (Å²) in [5.41, 5.74) is 5.98. The van der Waals surface area contributed by atoms with Crippen molar-refractivity contribution in [1.82, 2.24) is 9.78 Å². The lowest BCUT2D eigenvalue weighted by molar-refractivity contribution is 0.351. The van der Waals surface area contributed by atoms with E-state index in [0.29, 0.717) is 6.04 Å². The summed E-state index contributed by atoms with van der Waals surface area (Å²) in [6, 6.07) is 0.511. The number of anilines is 1. The number of nitrogen functional groups attached to an aromatic ring is 1. The van der Waals surface area contributed by atoms with Gasteiger partial charge in [0, 0.05) is 0 Å². The average Bonchev–Trinajstić information content (AvgIpc) is 2.48. The third-order valence-corrected chi connectivity index (χ3v) is 3.82. The predicted molar refractivity (Wildman–Crippen MR) is 65.7 cm³/mol. The lowest BCUT2D eigenvalue weighted by Gasteiger charge is -2.21. The maximum atomic E-state index is 5.98. The first-order valence-corrected chi connectivity index (χ1v) is 6.57. The number of rotatable bonds is 1. The number of aromatic nitrogens is 2. The Kier molecular flexibility index (Phi) is 3.67. The maximum absolute atomic E-state index is 5.98. The molecule has 0 bridgehead atoms. The van der Waals surface area contributed by atoms with Gasteiger partial charge in [-0.1, -0.05) is 32.1 Å². The van der Waals surface area contributed by atoms with Gasteiger partial charge in [0.25, 0.3) is 0 Å². The summed E-state index contributed by atoms with van der Waals surface area (Å²) in [4.78, 5) is 0. The molecule has 84 valence electrons. The van der Waals surface area contributed by atoms with Crippen LogP contribution < -0.4 is 5.73 Å². The third kappa shape index (κ3) is 2.54. The molecule has 2 N–H and O–H groups in total. The molecule has 4 heteroatoms. The van der Waals surface area contributed by atoms with Crippen LogP contribution in [0.5, 0.6) is 0 Å². The molecule has 2 rings (SSSR count). The van der Waals surface area contributed by atoms with Crippen LogP contribution in [0, 0.1) is 0 Å². The minimum Gasteiger partial charge on any atom is -0.383 e. The highest BCUT2D eigenvalue weighted by Crippen LogP contribution is 2.30. The summed E-state index contributed by atoms with van der Waals surface area (Å²) >= 11 is 3.41. The van der Waals surface area contributed by atoms with Crippen molar-refractivity contribution in [1.29, 1.82) is 0 Å². The van der Waals surface area contributed by atoms with Gasteiger partial charge in [0.1, 0.15) is 5.82 Å². The molecule has 0 unspecified atom stereocenters. The molecule has 0 saturated heterocycles. The highest BCUT2D eigenvalue weighted by atomic mass is 79.9. The highest BCUT2D eigenvalue weighted by Gasteiger charge is 2.17. The molecule has 0 atom stereocenters. The van der Waals surface area contributed by atoms with Gasteiger partial charge in [-0.25, -0.2) is 4.68 Å². The van der Waals surface area contributed by atoms with Crippen LogP contribution in [-0.2, 0) is 0 Å². The fourth-order valence-corrected chi connectivity index (χ4v) is 2.59. The van der Waals surface area contributed by atoms with Gasteiger partial charge < -0.3 is 5.73 Å². The van der Waals surface area contributed by atoms with Crippen LogP contribution >= 0.6 is 15.9 Å². The van der Waals surface area contributed by atoms with E-state index in [1.165, 1.54) is 44.9 Å². The Morgan fingerprint density at radius 1 is 1.20 bits per heavy atom. The van der Waals surface area contributed by atoms with Gasteiger partial charge in [-0.15, -0.1) is 0 Å². The summed E-state index contributed by atoms with van der Waals surface area (Å²) in [5.74, 6) is 0.778. The Hall–Kier alpha value is -0.510. The van der Waals surface area contributed by atoms with E-state index < -0.39 is 0 Å². The highest BCUT2D eigenvalue weighted by molar-refractivity contribution is 9.10. The zero-order chi connectivity index (χ0) is 10.7. The lowest BCUT2D eigenvalue weighted by atomic mass is 9.97. The van der Waals surface area contributed by atoms with E-state index in [9.17, 15) is 0 Å². The smallest absolute Gasteiger partial charge is 0.136 e. The van der Waals surface area contributed by atoms with Crippen molar-refractivity contribution < 1.29 is 0 Å². The Bertz CT molecular complexity index is 314. The van der Waals surface area contributed by atoms with E-state index in [1.807, 2.05) is 4.68 Å². The van der Waals surface area contributed by atoms with Crippen LogP contribution in [-0.4, -0.2) is 9.78 Å². The second-order valence-corrected chi connectivity index (χ2v) is 5.18. The number of halogens is 1. The second-order valence-electron chi connectivity index (χ2n) is 4.32. The zero-order valence-electron chi connectivity index (χ0n) is 8.95. The number of nitrogens with zero attached hydrogens (tertiary/aromatic N) is 2. The van der Waals surface area contributed by atoms with Gasteiger partial charge in [-0.2, -0.15) is 5.10 Å². The maximum Gasteiger partial charge on any atom is 0.136 e. The molecular weight excluding hydrogens is 254 g/mol. The predicted octanol–water partition coefficient (Wildman–Crippen LogP) is 3.51. The summed E-state index contributed by atoms with van der Waals surface area (Å²) < 4.78 is 2.92. The molecule has 15 heavy (non-hydrogen) atoms. The van der Waals surface area contributed by atoms with Crippen molar-refractivity contribution in [3.8, 4) is 0 Å². The van der Waals surface area contributed by atoms with Gasteiger partial charge >= 0.3 is 0 Å². The molecule has 0 aliphatic heterocycles. The molecule has 1 aliphatic rings. The molecule has 0 radical (unpaired) electrons. The lowest BCUT2D eigenvalue weighted by Crippen LogP contribution is -2.14. The minimum atomic E-state index is 0.511. The number of nitrogens with two attached hydrogens (primary N) is 1. The van der Waals surface area contributed by atoms with Crippen LogP contribution in [0.3, 0.4) is 0 Å². The summed E-state index contributed by atoms with van der Waals surface area (Å²) in [7, 11) is 0. The largest absolute Gasteiger partial charge is 0.383 e. The Morgan fingerprint density at radius 3 is 2.33 bits per heavy atom. The van der Waals surface area contributed by atoms with Gasteiger partial charge in [-0.3, -0.25) is 0 Å². The van der Waals surface area contributed by atoms with E-state index in [4.69, 9.17) is 5.73 Å². The van der Waals surface area contributed by atoms with Crippen LogP contribution in [0.1, 0.15) is 51.0 Å². The summed E-state index contributed by atoms with van der Waals surface area (Å²) in [6.45, 7) is 0. The van der Waals surface area contributed by atoms with Crippen LogP contribution in [0.4, 0.5) is 5.82 Å². The Morgan fingerprint density at radius 2 is 1.80 bits per heavy atom. The Balaban J connectivity index is 2.10. The monoisotopic (exact) mass is 271 g/mol. The van der Waals surface area contributed by atoms with E-state index in [1.54, 1.807) is 6.20 Å². The quantitative estimate of drug-likeness (QED) is 0.850. The third-order valence-electron chi connectivity index (χ3n) is 3.21. The molecule has 1 aromatic rings. The first kappa shape index (κ1) is 11.0. The van der Waals surface area contributed by atoms with Crippen molar-refractivity contribution in [2.75, 3.05) is 5.73 Å². The molecule has 3 nitrogen and oxygen atoms in total. The molecule has 1 fully saturated rings. The zero-order valence-corrected chi connectivity index (χ0v) is 10.5. The van der Waals surface area contributed by atoms with Gasteiger partial charge in [0.05, 0.1) is 16.7 Å². The van der Waals surface area contributed by atoms with E-state index in [2.05, 4.69) is 21.0 Å². The fraction of sp³-hybridized carbons (Fsp3) is 0.727. The molecule has 0 amide bonds. The Labute approximate surface area is 99.2 Å². The van der Waals surface area contributed by atoms with Crippen LogP contribution in [0.15, 0.2) is 10.7 Å².